The molecule has 3 nitrogen and oxygen atoms in total. The Balaban J connectivity index is 2.08. The molecule has 0 aromatic heterocycles. The number of nitrogens with zero attached hydrogens (tertiary/aromatic N) is 1. The molecule has 0 bridgehead atoms. The zero-order valence-corrected chi connectivity index (χ0v) is 12.3. The lowest BCUT2D eigenvalue weighted by atomic mass is 9.95. The molecule has 122 valence electrons. The third-order valence-electron chi connectivity index (χ3n) is 4.18. The molecule has 6 heteroatoms. The lowest BCUT2D eigenvalue weighted by Crippen LogP contribution is -2.57. The summed E-state index contributed by atoms with van der Waals surface area (Å²) in [5.41, 5.74) is -1.34. The zero-order valence-electron chi connectivity index (χ0n) is 12.3. The van der Waals surface area contributed by atoms with E-state index >= 15 is 0 Å². The van der Waals surface area contributed by atoms with E-state index in [0.29, 0.717) is 0 Å². The fraction of sp³-hybridized carbons (Fsp3) is 0.412. The van der Waals surface area contributed by atoms with E-state index in [-0.39, 0.29) is 25.1 Å². The Hall–Kier alpha value is -1.97. The second-order valence-corrected chi connectivity index (χ2v) is 5.48. The fourth-order valence-corrected chi connectivity index (χ4v) is 3.19. The standard InChI is InChI=1S/C17H16F3NO2/c18-17(19,20)16-10-4-8-14(9-5-11-22)21(16)15(12-23-16)13-6-2-1-3-7-13/h1-3,6-8,15,22H,4,10-12H2/t15-,16+/m1/s1. The first-order valence-corrected chi connectivity index (χ1v) is 7.34. The maximum absolute atomic E-state index is 13.8. The lowest BCUT2D eigenvalue weighted by molar-refractivity contribution is -0.303. The van der Waals surface area contributed by atoms with Gasteiger partial charge in [-0.15, -0.1) is 0 Å². The number of ether oxygens (including phenoxy) is 1. The number of hydrogen-bond acceptors (Lipinski definition) is 3. The summed E-state index contributed by atoms with van der Waals surface area (Å²) in [6.07, 6.45) is -2.79. The molecule has 1 aromatic carbocycles. The second kappa shape index (κ2) is 5.91. The van der Waals surface area contributed by atoms with Crippen molar-refractivity contribution in [3.63, 3.8) is 0 Å². The number of aliphatic hydroxyl groups is 1. The number of hydrogen-bond donors (Lipinski definition) is 1. The van der Waals surface area contributed by atoms with Gasteiger partial charge in [-0.25, -0.2) is 0 Å². The van der Waals surface area contributed by atoms with Gasteiger partial charge in [0.1, 0.15) is 6.61 Å². The largest absolute Gasteiger partial charge is 0.436 e. The first-order chi connectivity index (χ1) is 11.0. The van der Waals surface area contributed by atoms with Crippen molar-refractivity contribution in [2.45, 2.75) is 30.8 Å². The van der Waals surface area contributed by atoms with Crippen molar-refractivity contribution in [3.05, 3.63) is 47.7 Å². The van der Waals surface area contributed by atoms with Crippen LogP contribution in [0.4, 0.5) is 13.2 Å². The van der Waals surface area contributed by atoms with Crippen LogP contribution in [0, 0.1) is 11.8 Å². The number of alkyl halides is 3. The minimum absolute atomic E-state index is 0.0539. The van der Waals surface area contributed by atoms with Gasteiger partial charge >= 0.3 is 6.18 Å². The molecular formula is C17H16F3NO2. The molecule has 3 rings (SSSR count). The van der Waals surface area contributed by atoms with Gasteiger partial charge in [0.15, 0.2) is 0 Å². The molecule has 0 spiro atoms. The Morgan fingerprint density at radius 2 is 2.04 bits per heavy atom. The van der Waals surface area contributed by atoms with Crippen LogP contribution in [-0.2, 0) is 4.74 Å². The third-order valence-corrected chi connectivity index (χ3v) is 4.18. The number of halogens is 3. The van der Waals surface area contributed by atoms with Crippen LogP contribution in [0.2, 0.25) is 0 Å². The minimum atomic E-state index is -4.53. The van der Waals surface area contributed by atoms with Gasteiger partial charge in [-0.1, -0.05) is 42.3 Å². The van der Waals surface area contributed by atoms with Crippen LogP contribution in [0.3, 0.4) is 0 Å². The molecule has 2 aliphatic heterocycles. The molecule has 1 N–H and O–H groups in total. The zero-order chi connectivity index (χ0) is 16.5. The van der Waals surface area contributed by atoms with Gasteiger partial charge in [0, 0.05) is 6.42 Å². The summed E-state index contributed by atoms with van der Waals surface area (Å²) in [6.45, 7) is -0.456. The minimum Gasteiger partial charge on any atom is -0.384 e. The van der Waals surface area contributed by atoms with Crippen LogP contribution in [0.15, 0.2) is 42.1 Å². The highest BCUT2D eigenvalue weighted by atomic mass is 19.4. The molecule has 1 saturated heterocycles. The Morgan fingerprint density at radius 3 is 2.70 bits per heavy atom. The van der Waals surface area contributed by atoms with E-state index in [2.05, 4.69) is 11.8 Å². The number of allylic oxidation sites excluding steroid dienone is 2. The van der Waals surface area contributed by atoms with Crippen molar-refractivity contribution >= 4 is 0 Å². The quantitative estimate of drug-likeness (QED) is 0.807. The topological polar surface area (TPSA) is 32.7 Å². The molecule has 1 fully saturated rings. The van der Waals surface area contributed by atoms with Gasteiger partial charge in [-0.05, 0) is 17.9 Å². The van der Waals surface area contributed by atoms with Crippen molar-refractivity contribution < 1.29 is 23.0 Å². The van der Waals surface area contributed by atoms with Crippen LogP contribution in [-0.4, -0.2) is 35.1 Å². The number of rotatable bonds is 1. The normalized spacial score (nSPS) is 27.0. The lowest BCUT2D eigenvalue weighted by Gasteiger charge is -2.44. The average molecular weight is 323 g/mol. The van der Waals surface area contributed by atoms with Crippen molar-refractivity contribution in [2.24, 2.45) is 0 Å². The monoisotopic (exact) mass is 323 g/mol. The summed E-state index contributed by atoms with van der Waals surface area (Å²) < 4.78 is 46.7. The van der Waals surface area contributed by atoms with Gasteiger partial charge in [0.2, 0.25) is 5.72 Å². The summed E-state index contributed by atoms with van der Waals surface area (Å²) in [5.74, 6) is 5.09. The van der Waals surface area contributed by atoms with Crippen LogP contribution in [0.5, 0.6) is 0 Å². The first kappa shape index (κ1) is 15.9. The van der Waals surface area contributed by atoms with Crippen LogP contribution in [0.1, 0.15) is 24.4 Å². The number of aliphatic hydroxyl groups excluding tert-OH is 1. The summed E-state index contributed by atoms with van der Waals surface area (Å²) in [6, 6.07) is 8.40. The van der Waals surface area contributed by atoms with Crippen molar-refractivity contribution in [1.29, 1.82) is 0 Å². The highest BCUT2D eigenvalue weighted by Crippen LogP contribution is 2.52. The molecule has 2 heterocycles. The maximum atomic E-state index is 13.8. The molecule has 0 saturated carbocycles. The van der Waals surface area contributed by atoms with Gasteiger partial charge in [-0.2, -0.15) is 13.2 Å². The highest BCUT2D eigenvalue weighted by Gasteiger charge is 2.65. The number of fused-ring (bicyclic) bond motifs is 1. The van der Waals surface area contributed by atoms with E-state index in [1.807, 2.05) is 6.07 Å². The van der Waals surface area contributed by atoms with E-state index in [0.717, 1.165) is 5.56 Å². The van der Waals surface area contributed by atoms with Crippen molar-refractivity contribution in [1.82, 2.24) is 4.90 Å². The van der Waals surface area contributed by atoms with Gasteiger partial charge in [0.05, 0.1) is 18.3 Å². The van der Waals surface area contributed by atoms with Crippen LogP contribution >= 0.6 is 0 Å². The number of benzene rings is 1. The average Bonchev–Trinajstić information content (AvgIpc) is 2.95. The molecule has 1 aromatic rings. The smallest absolute Gasteiger partial charge is 0.384 e. The molecule has 2 aliphatic rings. The fourth-order valence-electron chi connectivity index (χ4n) is 3.19. The van der Waals surface area contributed by atoms with Crippen LogP contribution in [0.25, 0.3) is 0 Å². The maximum Gasteiger partial charge on any atom is 0.436 e. The molecule has 0 amide bonds. The summed E-state index contributed by atoms with van der Waals surface area (Å²) in [7, 11) is 0. The van der Waals surface area contributed by atoms with E-state index in [1.54, 1.807) is 30.3 Å². The SMILES string of the molecule is OCC#CC1=CCC[C@@]2(C(F)(F)F)OC[C@H](c3ccccc3)N12. The van der Waals surface area contributed by atoms with Crippen LogP contribution < -0.4 is 0 Å². The van der Waals surface area contributed by atoms with E-state index < -0.39 is 24.6 Å². The molecular weight excluding hydrogens is 307 g/mol. The molecule has 0 unspecified atom stereocenters. The Bertz CT molecular complexity index is 660. The summed E-state index contributed by atoms with van der Waals surface area (Å²) >= 11 is 0. The van der Waals surface area contributed by atoms with Crippen molar-refractivity contribution in [3.8, 4) is 11.8 Å². The Labute approximate surface area is 132 Å². The molecule has 2 atom stereocenters. The third kappa shape index (κ3) is 2.60. The molecule has 0 radical (unpaired) electrons. The summed E-state index contributed by atoms with van der Waals surface area (Å²) in [5, 5.41) is 8.87. The molecule has 23 heavy (non-hydrogen) atoms. The van der Waals surface area contributed by atoms with E-state index in [9.17, 15) is 13.2 Å². The van der Waals surface area contributed by atoms with E-state index in [1.165, 1.54) is 4.90 Å². The second-order valence-electron chi connectivity index (χ2n) is 5.48. The van der Waals surface area contributed by atoms with Crippen molar-refractivity contribution in [2.75, 3.05) is 13.2 Å². The highest BCUT2D eigenvalue weighted by molar-refractivity contribution is 5.35. The van der Waals surface area contributed by atoms with Gasteiger partial charge in [-0.3, -0.25) is 0 Å². The predicted molar refractivity (Wildman–Crippen MR) is 77.9 cm³/mol. The van der Waals surface area contributed by atoms with E-state index in [4.69, 9.17) is 9.84 Å². The van der Waals surface area contributed by atoms with Gasteiger partial charge < -0.3 is 14.7 Å². The molecule has 0 aliphatic carbocycles. The summed E-state index contributed by atoms with van der Waals surface area (Å²) in [4.78, 5) is 1.23. The van der Waals surface area contributed by atoms with Gasteiger partial charge in [0.25, 0.3) is 0 Å². The Morgan fingerprint density at radius 1 is 1.30 bits per heavy atom. The predicted octanol–water partition coefficient (Wildman–Crippen LogP) is 2.99. The Kier molecular flexibility index (Phi) is 4.09. The first-order valence-electron chi connectivity index (χ1n) is 7.34.